The van der Waals surface area contributed by atoms with Gasteiger partial charge in [-0.05, 0) is 34.7 Å². The van der Waals surface area contributed by atoms with Crippen LogP contribution in [0.25, 0.3) is 23.3 Å². The first kappa shape index (κ1) is 13.4. The van der Waals surface area contributed by atoms with Crippen LogP contribution in [0.3, 0.4) is 0 Å². The highest BCUT2D eigenvalue weighted by Gasteiger charge is 1.96. The van der Waals surface area contributed by atoms with Crippen LogP contribution in [0.1, 0.15) is 16.7 Å². The second-order valence-corrected chi connectivity index (χ2v) is 5.18. The molecule has 0 spiro atoms. The third-order valence-corrected chi connectivity index (χ3v) is 3.66. The van der Waals surface area contributed by atoms with Gasteiger partial charge < -0.3 is 0 Å². The van der Waals surface area contributed by atoms with Gasteiger partial charge >= 0.3 is 0 Å². The second kappa shape index (κ2) is 6.23. The topological polar surface area (TPSA) is 0 Å². The van der Waals surface area contributed by atoms with Crippen molar-refractivity contribution in [2.24, 2.45) is 0 Å². The molecule has 0 aliphatic carbocycles. The lowest BCUT2D eigenvalue weighted by Gasteiger charge is -2.02. The predicted octanol–water partition coefficient (Wildman–Crippen LogP) is 5.83. The second-order valence-electron chi connectivity index (χ2n) is 5.18. The van der Waals surface area contributed by atoms with E-state index in [9.17, 15) is 0 Å². The predicted molar refractivity (Wildman–Crippen MR) is 92.0 cm³/mol. The molecule has 0 bridgehead atoms. The van der Waals surface area contributed by atoms with Crippen molar-refractivity contribution >= 4 is 12.2 Å². The molecule has 0 radical (unpaired) electrons. The molecule has 3 aromatic carbocycles. The van der Waals surface area contributed by atoms with Crippen molar-refractivity contribution < 1.29 is 0 Å². The molecular weight excluding hydrogens is 252 g/mol. The van der Waals surface area contributed by atoms with Gasteiger partial charge in [0.15, 0.2) is 0 Å². The standard InChI is InChI=1S/C21H18/c1-17-7-5-6-8-19(17)14-11-18-12-15-21(16-13-18)20-9-3-2-4-10-20/h2-16H,1H3/b14-11+. The summed E-state index contributed by atoms with van der Waals surface area (Å²) in [6, 6.07) is 27.6. The third kappa shape index (κ3) is 3.29. The summed E-state index contributed by atoms with van der Waals surface area (Å²) in [5.74, 6) is 0. The van der Waals surface area contributed by atoms with Gasteiger partial charge in [-0.2, -0.15) is 0 Å². The summed E-state index contributed by atoms with van der Waals surface area (Å²) in [6.45, 7) is 2.14. The number of hydrogen-bond donors (Lipinski definition) is 0. The molecule has 0 heterocycles. The van der Waals surface area contributed by atoms with E-state index in [0.29, 0.717) is 0 Å². The molecule has 0 aromatic heterocycles. The van der Waals surface area contributed by atoms with Crippen LogP contribution in [0, 0.1) is 6.92 Å². The summed E-state index contributed by atoms with van der Waals surface area (Å²) in [6.07, 6.45) is 4.34. The fourth-order valence-electron chi connectivity index (χ4n) is 2.38. The minimum absolute atomic E-state index is 1.22. The zero-order valence-corrected chi connectivity index (χ0v) is 12.2. The van der Waals surface area contributed by atoms with Crippen LogP contribution in [0.15, 0.2) is 78.9 Å². The molecule has 0 fully saturated rings. The third-order valence-electron chi connectivity index (χ3n) is 3.66. The van der Waals surface area contributed by atoms with E-state index < -0.39 is 0 Å². The van der Waals surface area contributed by atoms with Gasteiger partial charge in [0, 0.05) is 0 Å². The smallest absolute Gasteiger partial charge is 0.0184 e. The van der Waals surface area contributed by atoms with Crippen LogP contribution in [-0.2, 0) is 0 Å². The van der Waals surface area contributed by atoms with Crippen LogP contribution in [0.4, 0.5) is 0 Å². The minimum Gasteiger partial charge on any atom is -0.0622 e. The van der Waals surface area contributed by atoms with Crippen molar-refractivity contribution in [3.63, 3.8) is 0 Å². The highest BCUT2D eigenvalue weighted by Crippen LogP contribution is 2.20. The van der Waals surface area contributed by atoms with Crippen molar-refractivity contribution in [2.75, 3.05) is 0 Å². The van der Waals surface area contributed by atoms with Crippen LogP contribution >= 0.6 is 0 Å². The largest absolute Gasteiger partial charge is 0.0622 e. The highest BCUT2D eigenvalue weighted by atomic mass is 14.0. The van der Waals surface area contributed by atoms with Gasteiger partial charge in [0.2, 0.25) is 0 Å². The Morgan fingerprint density at radius 2 is 1.19 bits per heavy atom. The molecule has 0 aliphatic heterocycles. The molecule has 0 aliphatic rings. The molecule has 0 atom stereocenters. The molecule has 3 rings (SSSR count). The summed E-state index contributed by atoms with van der Waals surface area (Å²) in [7, 11) is 0. The first-order valence-electron chi connectivity index (χ1n) is 7.22. The van der Waals surface area contributed by atoms with Crippen molar-refractivity contribution in [2.45, 2.75) is 6.92 Å². The Labute approximate surface area is 126 Å². The Morgan fingerprint density at radius 3 is 1.90 bits per heavy atom. The maximum Gasteiger partial charge on any atom is -0.0184 e. The van der Waals surface area contributed by atoms with E-state index in [2.05, 4.69) is 91.9 Å². The lowest BCUT2D eigenvalue weighted by molar-refractivity contribution is 1.45. The van der Waals surface area contributed by atoms with Crippen LogP contribution in [0.5, 0.6) is 0 Å². The average molecular weight is 270 g/mol. The molecule has 21 heavy (non-hydrogen) atoms. The number of benzene rings is 3. The molecular formula is C21H18. The Morgan fingerprint density at radius 1 is 0.571 bits per heavy atom. The van der Waals surface area contributed by atoms with Gasteiger partial charge in [0.1, 0.15) is 0 Å². The van der Waals surface area contributed by atoms with Crippen molar-refractivity contribution in [1.29, 1.82) is 0 Å². The number of rotatable bonds is 3. The van der Waals surface area contributed by atoms with Gasteiger partial charge in [0.25, 0.3) is 0 Å². The summed E-state index contributed by atoms with van der Waals surface area (Å²) < 4.78 is 0. The molecule has 0 N–H and O–H groups in total. The number of aryl methyl sites for hydroxylation is 1. The maximum absolute atomic E-state index is 2.17. The van der Waals surface area contributed by atoms with Gasteiger partial charge in [-0.25, -0.2) is 0 Å². The van der Waals surface area contributed by atoms with Crippen molar-refractivity contribution in [3.05, 3.63) is 95.6 Å². The van der Waals surface area contributed by atoms with E-state index in [1.165, 1.54) is 27.8 Å². The maximum atomic E-state index is 2.17. The fourth-order valence-corrected chi connectivity index (χ4v) is 2.38. The number of hydrogen-bond acceptors (Lipinski definition) is 0. The lowest BCUT2D eigenvalue weighted by Crippen LogP contribution is -1.79. The van der Waals surface area contributed by atoms with E-state index in [-0.39, 0.29) is 0 Å². The van der Waals surface area contributed by atoms with E-state index in [0.717, 1.165) is 0 Å². The molecule has 0 amide bonds. The SMILES string of the molecule is Cc1ccccc1/C=C/c1ccc(-c2ccccc2)cc1. The zero-order valence-electron chi connectivity index (χ0n) is 12.2. The van der Waals surface area contributed by atoms with E-state index in [1.807, 2.05) is 6.07 Å². The monoisotopic (exact) mass is 270 g/mol. The summed E-state index contributed by atoms with van der Waals surface area (Å²) >= 11 is 0. The molecule has 0 saturated carbocycles. The van der Waals surface area contributed by atoms with Crippen LogP contribution in [-0.4, -0.2) is 0 Å². The fraction of sp³-hybridized carbons (Fsp3) is 0.0476. The van der Waals surface area contributed by atoms with Crippen molar-refractivity contribution in [1.82, 2.24) is 0 Å². The molecule has 0 nitrogen and oxygen atoms in total. The Bertz CT molecular complexity index is 735. The first-order valence-corrected chi connectivity index (χ1v) is 7.22. The van der Waals surface area contributed by atoms with E-state index >= 15 is 0 Å². The lowest BCUT2D eigenvalue weighted by atomic mass is 10.0. The van der Waals surface area contributed by atoms with Gasteiger partial charge in [0.05, 0.1) is 0 Å². The zero-order chi connectivity index (χ0) is 14.5. The molecule has 0 heteroatoms. The van der Waals surface area contributed by atoms with Crippen LogP contribution in [0.2, 0.25) is 0 Å². The normalized spacial score (nSPS) is 10.9. The molecule has 0 unspecified atom stereocenters. The van der Waals surface area contributed by atoms with E-state index in [1.54, 1.807) is 0 Å². The van der Waals surface area contributed by atoms with Crippen LogP contribution < -0.4 is 0 Å². The van der Waals surface area contributed by atoms with Gasteiger partial charge in [-0.3, -0.25) is 0 Å². The van der Waals surface area contributed by atoms with E-state index in [4.69, 9.17) is 0 Å². The Hall–Kier alpha value is -2.60. The Kier molecular flexibility index (Phi) is 3.97. The highest BCUT2D eigenvalue weighted by molar-refractivity contribution is 5.73. The summed E-state index contributed by atoms with van der Waals surface area (Å²) in [5.41, 5.74) is 6.30. The first-order chi connectivity index (χ1) is 10.3. The minimum atomic E-state index is 1.22. The van der Waals surface area contributed by atoms with Gasteiger partial charge in [-0.15, -0.1) is 0 Å². The van der Waals surface area contributed by atoms with Crippen molar-refractivity contribution in [3.8, 4) is 11.1 Å². The average Bonchev–Trinajstić information content (AvgIpc) is 2.55. The molecule has 102 valence electrons. The van der Waals surface area contributed by atoms with Gasteiger partial charge in [-0.1, -0.05) is 91.0 Å². The Balaban J connectivity index is 1.81. The molecule has 3 aromatic rings. The summed E-state index contributed by atoms with van der Waals surface area (Å²) in [4.78, 5) is 0. The quantitative estimate of drug-likeness (QED) is 0.525. The molecule has 0 saturated heterocycles. The summed E-state index contributed by atoms with van der Waals surface area (Å²) in [5, 5.41) is 0.